The first-order chi connectivity index (χ1) is 19.2. The van der Waals surface area contributed by atoms with Gasteiger partial charge in [0.15, 0.2) is 23.0 Å². The van der Waals surface area contributed by atoms with Crippen LogP contribution in [-0.2, 0) is 10.1 Å². The fourth-order valence-electron chi connectivity index (χ4n) is 4.89. The Hall–Kier alpha value is -4.29. The molecule has 0 atom stereocenters. The van der Waals surface area contributed by atoms with Crippen LogP contribution in [0.4, 0.5) is 14.5 Å². The van der Waals surface area contributed by atoms with Gasteiger partial charge in [0.2, 0.25) is 0 Å². The third-order valence-electron chi connectivity index (χ3n) is 6.95. The molecule has 0 unspecified atom stereocenters. The van der Waals surface area contributed by atoms with Crippen LogP contribution in [0.25, 0.3) is 44.6 Å². The molecule has 1 aliphatic heterocycles. The van der Waals surface area contributed by atoms with Gasteiger partial charge in [0.05, 0.1) is 29.8 Å². The van der Waals surface area contributed by atoms with Crippen molar-refractivity contribution in [2.24, 2.45) is 0 Å². The molecular formula is C28H25F2N5O4S. The molecule has 1 aliphatic rings. The van der Waals surface area contributed by atoms with Crippen molar-refractivity contribution in [2.45, 2.75) is 0 Å². The minimum Gasteiger partial charge on any atom is -0.369 e. The molecule has 0 radical (unpaired) electrons. The van der Waals surface area contributed by atoms with Gasteiger partial charge >= 0.3 is 10.1 Å². The highest BCUT2D eigenvalue weighted by Crippen LogP contribution is 2.39. The molecule has 0 aliphatic carbocycles. The molecule has 4 heterocycles. The molecule has 0 bridgehead atoms. The molecule has 1 fully saturated rings. The Bertz CT molecular complexity index is 1810. The standard InChI is InChI=1S/C28H25F2N5O4S/c1-33-10-12-34(13-11-33)20-8-6-18(7-9-20)19-14-22-24(17-35(28(22)31-15-19)39-40(2,36)37)27-23(16-32-38-27)21-4-3-5-25(29)26(21)30/h3-9,14-17H,10-13H2,1-2H3. The summed E-state index contributed by atoms with van der Waals surface area (Å²) in [6.07, 6.45) is 5.19. The fraction of sp³-hybridized carbons (Fsp3) is 0.214. The van der Waals surface area contributed by atoms with Crippen molar-refractivity contribution in [1.29, 1.82) is 0 Å². The molecule has 12 heteroatoms. The van der Waals surface area contributed by atoms with Gasteiger partial charge in [0.25, 0.3) is 0 Å². The number of anilines is 1. The van der Waals surface area contributed by atoms with Crippen LogP contribution in [0.1, 0.15) is 0 Å². The second-order valence-corrected chi connectivity index (χ2v) is 11.3. The first-order valence-corrected chi connectivity index (χ1v) is 14.3. The summed E-state index contributed by atoms with van der Waals surface area (Å²) in [5.74, 6) is -1.96. The number of nitrogens with zero attached hydrogens (tertiary/aromatic N) is 5. The molecule has 0 saturated carbocycles. The van der Waals surface area contributed by atoms with Gasteiger partial charge < -0.3 is 14.3 Å². The molecule has 0 amide bonds. The monoisotopic (exact) mass is 565 g/mol. The van der Waals surface area contributed by atoms with Crippen molar-refractivity contribution < 1.29 is 26.0 Å². The van der Waals surface area contributed by atoms with Crippen LogP contribution in [0.15, 0.2) is 71.6 Å². The number of fused-ring (bicyclic) bond motifs is 1. The van der Waals surface area contributed by atoms with E-state index in [4.69, 9.17) is 8.81 Å². The summed E-state index contributed by atoms with van der Waals surface area (Å²) in [4.78, 5) is 9.12. The number of likely N-dealkylation sites (N-methyl/N-ethyl adjacent to an activating group) is 1. The Morgan fingerprint density at radius 2 is 1.68 bits per heavy atom. The predicted octanol–water partition coefficient (Wildman–Crippen LogP) is 4.44. The first kappa shape index (κ1) is 26.0. The van der Waals surface area contributed by atoms with E-state index in [9.17, 15) is 17.2 Å². The summed E-state index contributed by atoms with van der Waals surface area (Å²) in [5.41, 5.74) is 3.46. The van der Waals surface area contributed by atoms with Crippen LogP contribution < -0.4 is 9.18 Å². The van der Waals surface area contributed by atoms with Gasteiger partial charge in [-0.3, -0.25) is 4.28 Å². The maximum Gasteiger partial charge on any atom is 0.324 e. The van der Waals surface area contributed by atoms with Crippen molar-refractivity contribution in [3.8, 4) is 33.6 Å². The van der Waals surface area contributed by atoms with Crippen LogP contribution in [0.5, 0.6) is 0 Å². The van der Waals surface area contributed by atoms with E-state index in [1.165, 1.54) is 24.5 Å². The van der Waals surface area contributed by atoms with E-state index >= 15 is 0 Å². The zero-order valence-corrected chi connectivity index (χ0v) is 22.5. The first-order valence-electron chi connectivity index (χ1n) is 12.5. The third kappa shape index (κ3) is 4.91. The molecule has 9 nitrogen and oxygen atoms in total. The van der Waals surface area contributed by atoms with E-state index in [2.05, 4.69) is 39.1 Å². The molecule has 2 aromatic carbocycles. The van der Waals surface area contributed by atoms with Crippen molar-refractivity contribution in [3.05, 3.63) is 78.8 Å². The molecule has 5 aromatic rings. The average molecular weight is 566 g/mol. The summed E-state index contributed by atoms with van der Waals surface area (Å²) < 4.78 is 64.3. The highest BCUT2D eigenvalue weighted by atomic mass is 32.2. The van der Waals surface area contributed by atoms with E-state index in [0.29, 0.717) is 10.9 Å². The predicted molar refractivity (Wildman–Crippen MR) is 147 cm³/mol. The van der Waals surface area contributed by atoms with Gasteiger partial charge in [0, 0.05) is 54.6 Å². The second-order valence-electron chi connectivity index (χ2n) is 9.75. The Labute approximate surface area is 229 Å². The van der Waals surface area contributed by atoms with Crippen LogP contribution in [0, 0.1) is 11.6 Å². The molecule has 40 heavy (non-hydrogen) atoms. The molecular weight excluding hydrogens is 540 g/mol. The summed E-state index contributed by atoms with van der Waals surface area (Å²) in [6, 6.07) is 13.8. The highest BCUT2D eigenvalue weighted by Gasteiger charge is 2.24. The Kier molecular flexibility index (Phi) is 6.51. The molecule has 0 spiro atoms. The quantitative estimate of drug-likeness (QED) is 0.298. The second kappa shape index (κ2) is 10.0. The smallest absolute Gasteiger partial charge is 0.324 e. The van der Waals surface area contributed by atoms with Crippen molar-refractivity contribution in [1.82, 2.24) is 19.8 Å². The number of hydrogen-bond donors (Lipinski definition) is 0. The normalized spacial score (nSPS) is 14.7. The third-order valence-corrected chi connectivity index (χ3v) is 7.38. The lowest BCUT2D eigenvalue weighted by molar-refractivity contribution is 0.294. The Morgan fingerprint density at radius 1 is 0.925 bits per heavy atom. The van der Waals surface area contributed by atoms with E-state index in [-0.39, 0.29) is 22.5 Å². The maximum absolute atomic E-state index is 14.7. The Balaban J connectivity index is 1.45. The average Bonchev–Trinajstić information content (AvgIpc) is 3.54. The summed E-state index contributed by atoms with van der Waals surface area (Å²) in [5, 5.41) is 4.29. The summed E-state index contributed by atoms with van der Waals surface area (Å²) >= 11 is 0. The molecule has 206 valence electrons. The highest BCUT2D eigenvalue weighted by molar-refractivity contribution is 7.86. The number of hydrogen-bond acceptors (Lipinski definition) is 8. The lowest BCUT2D eigenvalue weighted by atomic mass is 10.0. The number of pyridine rings is 1. The van der Waals surface area contributed by atoms with Crippen molar-refractivity contribution in [3.63, 3.8) is 0 Å². The zero-order valence-electron chi connectivity index (χ0n) is 21.7. The zero-order chi connectivity index (χ0) is 28.0. The van der Waals surface area contributed by atoms with Crippen LogP contribution in [0.3, 0.4) is 0 Å². The number of benzene rings is 2. The van der Waals surface area contributed by atoms with Gasteiger partial charge in [-0.1, -0.05) is 29.4 Å². The van der Waals surface area contributed by atoms with Gasteiger partial charge in [-0.15, -0.1) is 0 Å². The number of aromatic nitrogens is 3. The van der Waals surface area contributed by atoms with Crippen LogP contribution >= 0.6 is 0 Å². The van der Waals surface area contributed by atoms with Gasteiger partial charge in [-0.05, 0) is 36.9 Å². The van der Waals surface area contributed by atoms with Crippen LogP contribution in [0.2, 0.25) is 0 Å². The van der Waals surface area contributed by atoms with E-state index in [0.717, 1.165) is 60.0 Å². The minimum atomic E-state index is -3.92. The molecule has 0 N–H and O–H groups in total. The van der Waals surface area contributed by atoms with E-state index in [1.54, 1.807) is 6.20 Å². The summed E-state index contributed by atoms with van der Waals surface area (Å²) in [7, 11) is -1.81. The van der Waals surface area contributed by atoms with Gasteiger partial charge in [0.1, 0.15) is 0 Å². The van der Waals surface area contributed by atoms with Crippen LogP contribution in [-0.4, -0.2) is 67.7 Å². The number of rotatable bonds is 6. The summed E-state index contributed by atoms with van der Waals surface area (Å²) in [6.45, 7) is 3.90. The van der Waals surface area contributed by atoms with Crippen molar-refractivity contribution in [2.75, 3.05) is 44.4 Å². The minimum absolute atomic E-state index is 0.0511. The van der Waals surface area contributed by atoms with E-state index in [1.807, 2.05) is 18.2 Å². The molecule has 6 rings (SSSR count). The maximum atomic E-state index is 14.7. The van der Waals surface area contributed by atoms with Gasteiger partial charge in [-0.2, -0.15) is 13.1 Å². The van der Waals surface area contributed by atoms with Crippen molar-refractivity contribution >= 4 is 26.8 Å². The number of piperazine rings is 1. The number of halogens is 2. The SMILES string of the molecule is CN1CCN(c2ccc(-c3cnc4c(c3)c(-c3oncc3-c3cccc(F)c3F)cn4OS(C)(=O)=O)cc2)CC1. The lowest BCUT2D eigenvalue weighted by Gasteiger charge is -2.34. The topological polar surface area (TPSA) is 93.7 Å². The Morgan fingerprint density at radius 3 is 2.40 bits per heavy atom. The molecule has 1 saturated heterocycles. The van der Waals surface area contributed by atoms with E-state index < -0.39 is 21.8 Å². The molecule has 3 aromatic heterocycles. The largest absolute Gasteiger partial charge is 0.369 e. The lowest BCUT2D eigenvalue weighted by Crippen LogP contribution is -2.44. The fourth-order valence-corrected chi connectivity index (χ4v) is 5.29. The van der Waals surface area contributed by atoms with Gasteiger partial charge in [-0.25, -0.2) is 13.8 Å².